The van der Waals surface area contributed by atoms with Crippen molar-refractivity contribution in [2.45, 2.75) is 12.8 Å². The SMILES string of the molecule is OCC(COc1ccc(F)cc1)C1CCNCC1. The van der Waals surface area contributed by atoms with Crippen molar-refractivity contribution in [2.75, 3.05) is 26.3 Å². The number of benzene rings is 1. The Morgan fingerprint density at radius 3 is 2.56 bits per heavy atom. The fourth-order valence-corrected chi connectivity index (χ4v) is 2.39. The molecule has 1 unspecified atom stereocenters. The summed E-state index contributed by atoms with van der Waals surface area (Å²) in [5, 5.41) is 12.7. The Hall–Kier alpha value is -1.13. The first kappa shape index (κ1) is 13.3. The van der Waals surface area contributed by atoms with Crippen LogP contribution in [0.4, 0.5) is 4.39 Å². The van der Waals surface area contributed by atoms with Gasteiger partial charge in [0, 0.05) is 12.5 Å². The fraction of sp³-hybridized carbons (Fsp3) is 0.571. The van der Waals surface area contributed by atoms with Gasteiger partial charge in [0.2, 0.25) is 0 Å². The van der Waals surface area contributed by atoms with Crippen LogP contribution < -0.4 is 10.1 Å². The zero-order valence-electron chi connectivity index (χ0n) is 10.4. The highest BCUT2D eigenvalue weighted by atomic mass is 19.1. The number of nitrogens with one attached hydrogen (secondary N) is 1. The summed E-state index contributed by atoms with van der Waals surface area (Å²) in [7, 11) is 0. The minimum absolute atomic E-state index is 0.145. The van der Waals surface area contributed by atoms with Gasteiger partial charge in [0.15, 0.2) is 0 Å². The Morgan fingerprint density at radius 2 is 1.94 bits per heavy atom. The Labute approximate surface area is 107 Å². The summed E-state index contributed by atoms with van der Waals surface area (Å²) in [6, 6.07) is 6.00. The van der Waals surface area contributed by atoms with Crippen molar-refractivity contribution in [3.8, 4) is 5.75 Å². The van der Waals surface area contributed by atoms with Gasteiger partial charge in [0.1, 0.15) is 11.6 Å². The van der Waals surface area contributed by atoms with Gasteiger partial charge >= 0.3 is 0 Å². The highest BCUT2D eigenvalue weighted by Gasteiger charge is 2.23. The van der Waals surface area contributed by atoms with E-state index in [4.69, 9.17) is 4.74 Å². The van der Waals surface area contributed by atoms with Gasteiger partial charge in [-0.25, -0.2) is 4.39 Å². The summed E-state index contributed by atoms with van der Waals surface area (Å²) < 4.78 is 18.4. The number of hydrogen-bond donors (Lipinski definition) is 2. The van der Waals surface area contributed by atoms with Crippen LogP contribution in [0, 0.1) is 17.7 Å². The number of rotatable bonds is 5. The van der Waals surface area contributed by atoms with Crippen molar-refractivity contribution in [2.24, 2.45) is 11.8 Å². The minimum atomic E-state index is -0.264. The topological polar surface area (TPSA) is 41.5 Å². The van der Waals surface area contributed by atoms with E-state index in [-0.39, 0.29) is 18.3 Å². The maximum atomic E-state index is 12.7. The summed E-state index contributed by atoms with van der Waals surface area (Å²) in [6.07, 6.45) is 2.16. The van der Waals surface area contributed by atoms with Gasteiger partial charge < -0.3 is 15.2 Å². The first-order valence-electron chi connectivity index (χ1n) is 6.49. The van der Waals surface area contributed by atoms with Crippen LogP contribution in [0.25, 0.3) is 0 Å². The molecular formula is C14H20FNO2. The van der Waals surface area contributed by atoms with Crippen molar-refractivity contribution in [1.29, 1.82) is 0 Å². The second kappa shape index (κ2) is 6.71. The Bertz CT molecular complexity index is 349. The van der Waals surface area contributed by atoms with E-state index in [9.17, 15) is 9.50 Å². The van der Waals surface area contributed by atoms with E-state index < -0.39 is 0 Å². The predicted octanol–water partition coefficient (Wildman–Crippen LogP) is 1.81. The van der Waals surface area contributed by atoms with Crippen LogP contribution >= 0.6 is 0 Å². The summed E-state index contributed by atoms with van der Waals surface area (Å²) in [4.78, 5) is 0. The lowest BCUT2D eigenvalue weighted by atomic mass is 9.86. The van der Waals surface area contributed by atoms with Crippen molar-refractivity contribution in [3.05, 3.63) is 30.1 Å². The van der Waals surface area contributed by atoms with Crippen molar-refractivity contribution in [3.63, 3.8) is 0 Å². The maximum absolute atomic E-state index is 12.7. The van der Waals surface area contributed by atoms with Gasteiger partial charge in [-0.3, -0.25) is 0 Å². The van der Waals surface area contributed by atoms with Crippen LogP contribution in [0.5, 0.6) is 5.75 Å². The molecule has 1 atom stereocenters. The van der Waals surface area contributed by atoms with Gasteiger partial charge in [-0.15, -0.1) is 0 Å². The summed E-state index contributed by atoms with van der Waals surface area (Å²) >= 11 is 0. The molecule has 18 heavy (non-hydrogen) atoms. The lowest BCUT2D eigenvalue weighted by Gasteiger charge is -2.29. The van der Waals surface area contributed by atoms with Gasteiger partial charge in [-0.2, -0.15) is 0 Å². The maximum Gasteiger partial charge on any atom is 0.123 e. The molecule has 1 saturated heterocycles. The number of aliphatic hydroxyl groups excluding tert-OH is 1. The van der Waals surface area contributed by atoms with E-state index >= 15 is 0 Å². The molecule has 2 rings (SSSR count). The van der Waals surface area contributed by atoms with E-state index in [1.54, 1.807) is 12.1 Å². The molecule has 0 saturated carbocycles. The molecule has 1 aromatic carbocycles. The molecule has 0 spiro atoms. The summed E-state index contributed by atoms with van der Waals surface area (Å²) in [5.41, 5.74) is 0. The Morgan fingerprint density at radius 1 is 1.28 bits per heavy atom. The lowest BCUT2D eigenvalue weighted by Crippen LogP contribution is -2.35. The summed E-state index contributed by atoms with van der Waals surface area (Å²) in [6.45, 7) is 2.66. The zero-order chi connectivity index (χ0) is 12.8. The van der Waals surface area contributed by atoms with Crippen LogP contribution in [-0.4, -0.2) is 31.4 Å². The molecular weight excluding hydrogens is 233 g/mol. The molecule has 4 heteroatoms. The third-order valence-electron chi connectivity index (χ3n) is 3.56. The Kier molecular flexibility index (Phi) is 4.96. The van der Waals surface area contributed by atoms with Gasteiger partial charge in [0.25, 0.3) is 0 Å². The number of piperidine rings is 1. The van der Waals surface area contributed by atoms with Crippen LogP contribution in [0.15, 0.2) is 24.3 Å². The minimum Gasteiger partial charge on any atom is -0.493 e. The van der Waals surface area contributed by atoms with E-state index in [1.165, 1.54) is 12.1 Å². The van der Waals surface area contributed by atoms with E-state index in [1.807, 2.05) is 0 Å². The quantitative estimate of drug-likeness (QED) is 0.841. The average molecular weight is 253 g/mol. The van der Waals surface area contributed by atoms with Gasteiger partial charge in [-0.1, -0.05) is 0 Å². The first-order chi connectivity index (χ1) is 8.79. The first-order valence-corrected chi connectivity index (χ1v) is 6.49. The fourth-order valence-electron chi connectivity index (χ4n) is 2.39. The van der Waals surface area contributed by atoms with Gasteiger partial charge in [-0.05, 0) is 56.1 Å². The molecule has 1 heterocycles. The molecule has 1 fully saturated rings. The predicted molar refractivity (Wildman–Crippen MR) is 68.1 cm³/mol. The van der Waals surface area contributed by atoms with E-state index in [2.05, 4.69) is 5.32 Å². The van der Waals surface area contributed by atoms with E-state index in [0.29, 0.717) is 18.3 Å². The van der Waals surface area contributed by atoms with Crippen LogP contribution in [-0.2, 0) is 0 Å². The Balaban J connectivity index is 1.84. The largest absolute Gasteiger partial charge is 0.493 e. The molecule has 3 nitrogen and oxygen atoms in total. The highest BCUT2D eigenvalue weighted by molar-refractivity contribution is 5.22. The molecule has 0 aromatic heterocycles. The standard InChI is InChI=1S/C14H20FNO2/c15-13-1-3-14(4-2-13)18-10-12(9-17)11-5-7-16-8-6-11/h1-4,11-12,16-17H,5-10H2. The second-order valence-electron chi connectivity index (χ2n) is 4.80. The average Bonchev–Trinajstić information content (AvgIpc) is 2.43. The molecule has 0 radical (unpaired) electrons. The lowest BCUT2D eigenvalue weighted by molar-refractivity contribution is 0.102. The molecule has 1 aliphatic heterocycles. The second-order valence-corrected chi connectivity index (χ2v) is 4.80. The van der Waals surface area contributed by atoms with Crippen molar-refractivity contribution in [1.82, 2.24) is 5.32 Å². The normalized spacial score (nSPS) is 18.6. The van der Waals surface area contributed by atoms with E-state index in [0.717, 1.165) is 25.9 Å². The molecule has 2 N–H and O–H groups in total. The molecule has 1 aliphatic rings. The smallest absolute Gasteiger partial charge is 0.123 e. The van der Waals surface area contributed by atoms with Crippen molar-refractivity contribution < 1.29 is 14.2 Å². The number of ether oxygens (including phenoxy) is 1. The zero-order valence-corrected chi connectivity index (χ0v) is 10.4. The van der Waals surface area contributed by atoms with Crippen LogP contribution in [0.1, 0.15) is 12.8 Å². The third-order valence-corrected chi connectivity index (χ3v) is 3.56. The molecule has 1 aromatic rings. The molecule has 0 bridgehead atoms. The van der Waals surface area contributed by atoms with Crippen LogP contribution in [0.2, 0.25) is 0 Å². The number of hydrogen-bond acceptors (Lipinski definition) is 3. The third kappa shape index (κ3) is 3.68. The van der Waals surface area contributed by atoms with Crippen LogP contribution in [0.3, 0.4) is 0 Å². The monoisotopic (exact) mass is 253 g/mol. The van der Waals surface area contributed by atoms with Crippen molar-refractivity contribution >= 4 is 0 Å². The molecule has 0 amide bonds. The van der Waals surface area contributed by atoms with Gasteiger partial charge in [0.05, 0.1) is 6.61 Å². The molecule has 0 aliphatic carbocycles. The number of aliphatic hydroxyl groups is 1. The highest BCUT2D eigenvalue weighted by Crippen LogP contribution is 2.23. The molecule has 100 valence electrons. The number of halogens is 1. The summed E-state index contributed by atoms with van der Waals surface area (Å²) in [5.74, 6) is 1.07.